The number of hydrogen-bond donors (Lipinski definition) is 0. The molecule has 13 rings (SSSR count). The Balaban J connectivity index is 1.25. The van der Waals surface area contributed by atoms with E-state index < -0.39 is 283 Å². The van der Waals surface area contributed by atoms with Crippen molar-refractivity contribution in [3.63, 3.8) is 0 Å². The summed E-state index contributed by atoms with van der Waals surface area (Å²) in [6.07, 6.45) is -0.687. The molecule has 0 atom stereocenters. The van der Waals surface area contributed by atoms with Gasteiger partial charge in [-0.3, -0.25) is 4.98 Å². The number of nitrogens with zero attached hydrogens (tertiary/aromatic N) is 2. The van der Waals surface area contributed by atoms with Crippen LogP contribution < -0.4 is 0 Å². The lowest BCUT2D eigenvalue weighted by atomic mass is 9.85. The largest absolute Gasteiger partial charge is 0.455 e. The molecule has 3 heteroatoms. The SMILES string of the molecule is [2H]c1cc([2H])c(-c2c(-c3c([2H])c([2H])c([2H])c(-c4ccc(-c5nc6c(c([2H])c5[2H])c([2H])c([2H])c5c([2H])c([2H])c([2H])nc56)c5ccccc45)c3[2H])oc(-c3c4c([2H])c([2H])c([2H])c([2H])c4c(-c4c([2H])c([2H])c([2H])c([2H])c4[2H])c4c([2H])c([2H])c([2H])c([2H])c34)c2-c2c([2H])c([2H])c([2H])c([2H])c2[2H])c([2H])c1[2H]. The highest BCUT2D eigenvalue weighted by molar-refractivity contribution is 6.23. The molecule has 3 nitrogen and oxygen atoms in total. The molecule has 0 saturated carbocycles. The number of pyridine rings is 2. The maximum Gasteiger partial charge on any atom is 0.144 e. The van der Waals surface area contributed by atoms with Crippen LogP contribution in [0.5, 0.6) is 0 Å². The van der Waals surface area contributed by atoms with E-state index in [9.17, 15) is 24.7 Å². The van der Waals surface area contributed by atoms with Crippen LogP contribution in [-0.2, 0) is 0 Å². The first-order valence-electron chi connectivity index (χ1n) is 36.6. The summed E-state index contributed by atoms with van der Waals surface area (Å²) in [5.74, 6) is -2.06. The van der Waals surface area contributed by atoms with Gasteiger partial charge in [0.05, 0.1) is 62.0 Å². The highest BCUT2D eigenvalue weighted by Crippen LogP contribution is 2.53. The zero-order chi connectivity index (χ0) is 73.0. The van der Waals surface area contributed by atoms with E-state index in [0.717, 1.165) is 6.07 Å². The smallest absolute Gasteiger partial charge is 0.144 e. The van der Waals surface area contributed by atoms with E-state index in [-0.39, 0.29) is 49.4 Å². The minimum atomic E-state index is -1.13. The molecule has 0 amide bonds. The Morgan fingerprint density at radius 2 is 0.881 bits per heavy atom. The Morgan fingerprint density at radius 3 is 1.60 bits per heavy atom. The summed E-state index contributed by atoms with van der Waals surface area (Å²) in [7, 11) is 0. The van der Waals surface area contributed by atoms with Gasteiger partial charge in [0.15, 0.2) is 0 Å². The number of hydrogen-bond acceptors (Lipinski definition) is 3. The van der Waals surface area contributed by atoms with Crippen LogP contribution in [-0.4, -0.2) is 9.97 Å². The molecule has 312 valence electrons. The summed E-state index contributed by atoms with van der Waals surface area (Å²) in [6, 6.07) is -20.9. The Morgan fingerprint density at radius 1 is 0.343 bits per heavy atom. The van der Waals surface area contributed by atoms with Crippen molar-refractivity contribution < 1.29 is 49.7 Å². The maximum atomic E-state index is 10.4. The van der Waals surface area contributed by atoms with E-state index in [1.54, 1.807) is 6.07 Å². The molecule has 13 aromatic rings. The van der Waals surface area contributed by atoms with Crippen LogP contribution in [0.2, 0.25) is 0 Å². The van der Waals surface area contributed by atoms with Crippen LogP contribution >= 0.6 is 0 Å². The lowest BCUT2D eigenvalue weighted by molar-refractivity contribution is 0.600. The summed E-state index contributed by atoms with van der Waals surface area (Å²) < 4.78 is 311. The fourth-order valence-corrected chi connectivity index (χ4v) is 8.28. The molecule has 0 aliphatic heterocycles. The van der Waals surface area contributed by atoms with E-state index in [1.165, 1.54) is 30.3 Å². The van der Waals surface area contributed by atoms with Crippen molar-refractivity contribution in [3.8, 4) is 78.4 Å². The molecule has 0 bridgehead atoms. The van der Waals surface area contributed by atoms with Gasteiger partial charge in [-0.1, -0.05) is 218 Å². The molecule has 0 radical (unpaired) electrons. The van der Waals surface area contributed by atoms with Crippen molar-refractivity contribution in [3.05, 3.63) is 242 Å². The fourth-order valence-electron chi connectivity index (χ4n) is 8.28. The lowest BCUT2D eigenvalue weighted by Gasteiger charge is -2.17. The van der Waals surface area contributed by atoms with Gasteiger partial charge < -0.3 is 4.42 Å². The van der Waals surface area contributed by atoms with Gasteiger partial charge in [-0.05, 0) is 83.8 Å². The van der Waals surface area contributed by atoms with E-state index in [4.69, 9.17) is 30.0 Å². The highest BCUT2D eigenvalue weighted by Gasteiger charge is 2.29. The summed E-state index contributed by atoms with van der Waals surface area (Å²) >= 11 is 0. The van der Waals surface area contributed by atoms with Gasteiger partial charge in [-0.2, -0.15) is 0 Å². The van der Waals surface area contributed by atoms with Crippen molar-refractivity contribution in [2.24, 2.45) is 0 Å². The average Bonchev–Trinajstić information content (AvgIpc) is 0.728. The monoisotopic (exact) mass is 886 g/mol. The van der Waals surface area contributed by atoms with Gasteiger partial charge in [0, 0.05) is 44.8 Å². The van der Waals surface area contributed by atoms with Gasteiger partial charge >= 0.3 is 0 Å². The van der Waals surface area contributed by atoms with Gasteiger partial charge in [0.1, 0.15) is 11.5 Å². The first kappa shape index (κ1) is 17.8. The summed E-state index contributed by atoms with van der Waals surface area (Å²) in [4.78, 5) is 8.84. The number of fused-ring (bicyclic) bond motifs is 6. The normalized spacial score (nSPS) is 18.5. The van der Waals surface area contributed by atoms with Crippen LogP contribution in [0.25, 0.3) is 133 Å². The zero-order valence-electron chi connectivity index (χ0n) is 66.8. The average molecular weight is 886 g/mol. The molecule has 3 heterocycles. The van der Waals surface area contributed by atoms with Crippen molar-refractivity contribution in [1.29, 1.82) is 0 Å². The van der Waals surface area contributed by atoms with E-state index in [2.05, 4.69) is 4.98 Å². The molecule has 0 aliphatic rings. The van der Waals surface area contributed by atoms with Crippen molar-refractivity contribution >= 4 is 54.1 Å². The second-order valence-electron chi connectivity index (χ2n) is 14.7. The number of benzene rings is 10. The van der Waals surface area contributed by atoms with Crippen LogP contribution in [0.15, 0.2) is 246 Å². The molecule has 10 aromatic carbocycles. The van der Waals surface area contributed by atoms with E-state index >= 15 is 0 Å². The van der Waals surface area contributed by atoms with Gasteiger partial charge in [-0.25, -0.2) is 4.98 Å². The third-order valence-electron chi connectivity index (χ3n) is 11.1. The van der Waals surface area contributed by atoms with Crippen LogP contribution in [0.1, 0.15) is 45.2 Å². The zero-order valence-corrected chi connectivity index (χ0v) is 33.8. The fraction of sp³-hybridized carbons (Fsp3) is 0. The molecule has 0 spiro atoms. The summed E-state index contributed by atoms with van der Waals surface area (Å²) in [6.45, 7) is 0. The van der Waals surface area contributed by atoms with Gasteiger partial charge in [0.2, 0.25) is 0 Å². The van der Waals surface area contributed by atoms with Crippen molar-refractivity contribution in [2.75, 3.05) is 0 Å². The van der Waals surface area contributed by atoms with Crippen LogP contribution in [0.4, 0.5) is 0 Å². The van der Waals surface area contributed by atoms with E-state index in [0.29, 0.717) is 0 Å². The number of furan rings is 1. The summed E-state index contributed by atoms with van der Waals surface area (Å²) in [5.41, 5.74) is -8.45. The third-order valence-corrected chi connectivity index (χ3v) is 11.1. The first-order chi connectivity index (χ1) is 47.0. The first-order valence-corrected chi connectivity index (χ1v) is 20.1. The van der Waals surface area contributed by atoms with Gasteiger partial charge in [-0.15, -0.1) is 0 Å². The van der Waals surface area contributed by atoms with Crippen molar-refractivity contribution in [2.45, 2.75) is 0 Å². The number of aromatic nitrogens is 2. The Hall–Kier alpha value is -8.92. The van der Waals surface area contributed by atoms with E-state index in [1.807, 2.05) is 0 Å². The molecular weight excluding hydrogens is 813 g/mol. The molecule has 0 N–H and O–H groups in total. The molecule has 67 heavy (non-hydrogen) atoms. The summed E-state index contributed by atoms with van der Waals surface area (Å²) in [5, 5.41) is -3.83. The Kier molecular flexibility index (Phi) is 4.24. The molecule has 0 saturated heterocycles. The Labute approximate surface area is 434 Å². The molecule has 3 aromatic heterocycles. The molecular formula is C64H40N2O. The maximum absolute atomic E-state index is 10.4. The minimum absolute atomic E-state index is 0.0642. The quantitative estimate of drug-likeness (QED) is 0.118. The second kappa shape index (κ2) is 16.0. The molecule has 0 unspecified atom stereocenters. The van der Waals surface area contributed by atoms with Crippen LogP contribution in [0.3, 0.4) is 0 Å². The third kappa shape index (κ3) is 6.43. The standard InChI is InChI=1S/C64H40N2O/c1-4-18-41(19-5-1)57-52-29-12-14-31-54(52)60(55-32-15-13-30-53(55)57)64-59(43-22-8-3-9-23-43)58(42-20-6-2-7-21-42)63(67-64)47-25-16-24-46(40-47)48-36-37-51(50-28-11-10-27-49(48)50)56-38-35-45-34-33-44-26-17-39-65-61(44)62(45)66-56/h1-40H/i1D,2D,3D,4D,5D,6D,8D,9D,12D,13D,14D,15D,16D,17D,18D,19D,20D,21D,22D,23D,24D,25D,26D,29D,30D,31D,32D,33D,34D,35D,38D,39D,40D. The number of rotatable bonds is 7. The molecule has 0 aliphatic carbocycles. The van der Waals surface area contributed by atoms with Gasteiger partial charge in [0.25, 0.3) is 0 Å². The minimum Gasteiger partial charge on any atom is -0.455 e. The second-order valence-corrected chi connectivity index (χ2v) is 14.7. The Bertz CT molecular complexity index is 5890. The predicted octanol–water partition coefficient (Wildman–Crippen LogP) is 17.5. The molecule has 0 fully saturated rings. The predicted molar refractivity (Wildman–Crippen MR) is 280 cm³/mol. The highest BCUT2D eigenvalue weighted by atomic mass is 16.3. The van der Waals surface area contributed by atoms with Crippen molar-refractivity contribution in [1.82, 2.24) is 9.97 Å². The van der Waals surface area contributed by atoms with Crippen LogP contribution in [0, 0.1) is 0 Å². The topological polar surface area (TPSA) is 38.9 Å². The lowest BCUT2D eigenvalue weighted by Crippen LogP contribution is -1.91.